The van der Waals surface area contributed by atoms with Crippen molar-refractivity contribution in [2.75, 3.05) is 7.11 Å². The van der Waals surface area contributed by atoms with E-state index in [0.717, 1.165) is 70.4 Å². The lowest BCUT2D eigenvalue weighted by molar-refractivity contribution is -0.121. The third-order valence-corrected chi connectivity index (χ3v) is 6.99. The van der Waals surface area contributed by atoms with Crippen molar-refractivity contribution >= 4 is 16.8 Å². The van der Waals surface area contributed by atoms with E-state index in [1.54, 1.807) is 13.2 Å². The first-order valence-corrected chi connectivity index (χ1v) is 12.2. The quantitative estimate of drug-likeness (QED) is 0.384. The van der Waals surface area contributed by atoms with E-state index in [4.69, 9.17) is 9.84 Å². The zero-order valence-corrected chi connectivity index (χ0v) is 20.5. The Hall–Kier alpha value is -3.80. The summed E-state index contributed by atoms with van der Waals surface area (Å²) in [6, 6.07) is 17.8. The summed E-state index contributed by atoms with van der Waals surface area (Å²) in [5.74, 6) is 0.823. The van der Waals surface area contributed by atoms with Gasteiger partial charge < -0.3 is 15.2 Å². The number of methoxy groups -OCH3 is 1. The number of hydrogen-bond donors (Lipinski definition) is 2. The van der Waals surface area contributed by atoms with E-state index in [2.05, 4.69) is 5.32 Å². The number of aryl methyl sites for hydroxylation is 2. The zero-order chi connectivity index (χ0) is 24.5. The number of nitrogens with zero attached hydrogens (tertiary/aromatic N) is 2. The van der Waals surface area contributed by atoms with Gasteiger partial charge in [-0.3, -0.25) is 4.79 Å². The minimum absolute atomic E-state index is 0.0686. The second-order valence-electron chi connectivity index (χ2n) is 9.42. The molecule has 0 unspecified atom stereocenters. The van der Waals surface area contributed by atoms with Gasteiger partial charge in [0.1, 0.15) is 17.2 Å². The largest absolute Gasteiger partial charge is 0.508 e. The average Bonchev–Trinajstić information content (AvgIpc) is 3.50. The Balaban J connectivity index is 1.71. The highest BCUT2D eigenvalue weighted by atomic mass is 16.5. The molecule has 6 nitrogen and oxygen atoms in total. The summed E-state index contributed by atoms with van der Waals surface area (Å²) in [4.78, 5) is 13.0. The van der Waals surface area contributed by atoms with Crippen molar-refractivity contribution in [1.29, 1.82) is 0 Å². The van der Waals surface area contributed by atoms with Gasteiger partial charge in [0, 0.05) is 22.6 Å². The van der Waals surface area contributed by atoms with E-state index >= 15 is 0 Å². The van der Waals surface area contributed by atoms with Gasteiger partial charge in [0.25, 0.3) is 0 Å². The van der Waals surface area contributed by atoms with Crippen molar-refractivity contribution in [1.82, 2.24) is 15.1 Å². The Labute approximate surface area is 205 Å². The predicted molar refractivity (Wildman–Crippen MR) is 138 cm³/mol. The molecule has 0 saturated heterocycles. The fourth-order valence-corrected chi connectivity index (χ4v) is 5.17. The van der Waals surface area contributed by atoms with Gasteiger partial charge in [-0.05, 0) is 74.2 Å². The number of fused-ring (bicyclic) bond motifs is 1. The van der Waals surface area contributed by atoms with Crippen LogP contribution in [-0.4, -0.2) is 33.9 Å². The molecule has 0 atom stereocenters. The summed E-state index contributed by atoms with van der Waals surface area (Å²) >= 11 is 0. The summed E-state index contributed by atoms with van der Waals surface area (Å²) in [5.41, 5.74) is 5.99. The highest BCUT2D eigenvalue weighted by molar-refractivity contribution is 6.01. The Morgan fingerprint density at radius 1 is 1.09 bits per heavy atom. The molecule has 6 heteroatoms. The monoisotopic (exact) mass is 469 g/mol. The van der Waals surface area contributed by atoms with E-state index in [9.17, 15) is 9.90 Å². The van der Waals surface area contributed by atoms with Crippen LogP contribution in [0.3, 0.4) is 0 Å². The Bertz CT molecular complexity index is 1380. The number of carbonyl (C=O) groups excluding carboxylic acids is 1. The molecule has 35 heavy (non-hydrogen) atoms. The van der Waals surface area contributed by atoms with Crippen LogP contribution in [0.1, 0.15) is 42.4 Å². The first kappa shape index (κ1) is 23.0. The molecular formula is C29H31N3O3. The molecule has 1 aromatic heterocycles. The fourth-order valence-electron chi connectivity index (χ4n) is 5.17. The summed E-state index contributed by atoms with van der Waals surface area (Å²) in [7, 11) is 1.65. The van der Waals surface area contributed by atoms with Crippen LogP contribution < -0.4 is 10.1 Å². The van der Waals surface area contributed by atoms with Crippen molar-refractivity contribution in [2.45, 2.75) is 52.0 Å². The maximum absolute atomic E-state index is 13.0. The van der Waals surface area contributed by atoms with Crippen LogP contribution in [0.2, 0.25) is 0 Å². The second kappa shape index (κ2) is 9.45. The number of aromatic nitrogens is 2. The van der Waals surface area contributed by atoms with Crippen molar-refractivity contribution < 1.29 is 14.6 Å². The molecule has 0 bridgehead atoms. The van der Waals surface area contributed by atoms with Gasteiger partial charge in [0.15, 0.2) is 0 Å². The molecule has 180 valence electrons. The van der Waals surface area contributed by atoms with Crippen molar-refractivity contribution in [3.8, 4) is 28.4 Å². The number of hydrogen-bond acceptors (Lipinski definition) is 4. The maximum Gasteiger partial charge on any atom is 0.224 e. The van der Waals surface area contributed by atoms with Gasteiger partial charge in [0.2, 0.25) is 5.91 Å². The lowest BCUT2D eigenvalue weighted by Gasteiger charge is -2.15. The molecule has 1 fully saturated rings. The zero-order valence-electron chi connectivity index (χ0n) is 20.5. The van der Waals surface area contributed by atoms with Gasteiger partial charge in [-0.15, -0.1) is 0 Å². The van der Waals surface area contributed by atoms with Crippen molar-refractivity contribution in [2.24, 2.45) is 0 Å². The SMILES string of the molecule is COc1ccc(-c2nn(-c3ccccc3C)c3c(CC(=O)NC4CCCC4)c(O)cc(C)c23)cc1. The number of carbonyl (C=O) groups is 1. The number of aromatic hydroxyl groups is 1. The van der Waals surface area contributed by atoms with Crippen molar-refractivity contribution in [3.63, 3.8) is 0 Å². The Kier molecular flexibility index (Phi) is 6.20. The van der Waals surface area contributed by atoms with Gasteiger partial charge in [-0.25, -0.2) is 4.68 Å². The number of rotatable bonds is 6. The Morgan fingerprint density at radius 3 is 2.49 bits per heavy atom. The van der Waals surface area contributed by atoms with Gasteiger partial charge in [-0.2, -0.15) is 5.10 Å². The van der Waals surface area contributed by atoms with Crippen LogP contribution >= 0.6 is 0 Å². The van der Waals surface area contributed by atoms with Crippen LogP contribution in [0.15, 0.2) is 54.6 Å². The van der Waals surface area contributed by atoms with E-state index in [1.807, 2.05) is 67.1 Å². The minimum Gasteiger partial charge on any atom is -0.508 e. The normalized spacial score (nSPS) is 13.9. The minimum atomic E-state index is -0.0686. The second-order valence-corrected chi connectivity index (χ2v) is 9.42. The molecular weight excluding hydrogens is 438 g/mol. The van der Waals surface area contributed by atoms with Crippen LogP contribution in [0, 0.1) is 13.8 Å². The number of para-hydroxylation sites is 1. The number of benzene rings is 3. The summed E-state index contributed by atoms with van der Waals surface area (Å²) < 4.78 is 7.22. The highest BCUT2D eigenvalue weighted by Gasteiger charge is 2.25. The van der Waals surface area contributed by atoms with Crippen molar-refractivity contribution in [3.05, 3.63) is 71.3 Å². The molecule has 1 amide bonds. The van der Waals surface area contributed by atoms with Crippen LogP contribution in [-0.2, 0) is 11.2 Å². The number of nitrogens with one attached hydrogen (secondary N) is 1. The van der Waals surface area contributed by atoms with Crippen LogP contribution in [0.25, 0.3) is 27.8 Å². The van der Waals surface area contributed by atoms with E-state index < -0.39 is 0 Å². The predicted octanol–water partition coefficient (Wildman–Crippen LogP) is 5.62. The summed E-state index contributed by atoms with van der Waals surface area (Å²) in [6.45, 7) is 4.01. The molecule has 4 aromatic rings. The Morgan fingerprint density at radius 2 is 1.80 bits per heavy atom. The van der Waals surface area contributed by atoms with Gasteiger partial charge in [-0.1, -0.05) is 31.0 Å². The molecule has 0 spiro atoms. The summed E-state index contributed by atoms with van der Waals surface area (Å²) in [5, 5.41) is 20.2. The fraction of sp³-hybridized carbons (Fsp3) is 0.310. The first-order valence-electron chi connectivity index (χ1n) is 12.2. The number of phenolic OH excluding ortho intramolecular Hbond substituents is 1. The molecule has 1 heterocycles. The third kappa shape index (κ3) is 4.36. The molecule has 0 aliphatic heterocycles. The molecule has 0 radical (unpaired) electrons. The van der Waals surface area contributed by atoms with E-state index in [0.29, 0.717) is 5.56 Å². The van der Waals surface area contributed by atoms with Gasteiger partial charge in [0.05, 0.1) is 24.7 Å². The van der Waals surface area contributed by atoms with Crippen LogP contribution in [0.4, 0.5) is 0 Å². The molecule has 1 aliphatic rings. The van der Waals surface area contributed by atoms with Crippen LogP contribution in [0.5, 0.6) is 11.5 Å². The van der Waals surface area contributed by atoms with E-state index in [1.165, 1.54) is 0 Å². The number of ether oxygens (including phenoxy) is 1. The molecule has 3 aromatic carbocycles. The number of phenols is 1. The average molecular weight is 470 g/mol. The summed E-state index contributed by atoms with van der Waals surface area (Å²) in [6.07, 6.45) is 4.43. The molecule has 5 rings (SSSR count). The molecule has 1 saturated carbocycles. The standard InChI is InChI=1S/C29H31N3O3/c1-18-8-4-7-11-24(18)32-29-23(17-26(34)30-21-9-5-6-10-21)25(33)16-19(2)27(29)28(31-32)20-12-14-22(35-3)15-13-20/h4,7-8,11-16,21,33H,5-6,9-10,17H2,1-3H3,(H,30,34). The number of amides is 1. The van der Waals surface area contributed by atoms with Gasteiger partial charge >= 0.3 is 0 Å². The maximum atomic E-state index is 13.0. The lowest BCUT2D eigenvalue weighted by atomic mass is 9.98. The molecule has 1 aliphatic carbocycles. The first-order chi connectivity index (χ1) is 17.0. The topological polar surface area (TPSA) is 76.4 Å². The van der Waals surface area contributed by atoms with E-state index in [-0.39, 0.29) is 24.1 Å². The highest BCUT2D eigenvalue weighted by Crippen LogP contribution is 2.39. The lowest BCUT2D eigenvalue weighted by Crippen LogP contribution is -2.33. The smallest absolute Gasteiger partial charge is 0.224 e. The molecule has 2 N–H and O–H groups in total. The third-order valence-electron chi connectivity index (χ3n) is 6.99.